The van der Waals surface area contributed by atoms with Crippen LogP contribution in [0.5, 0.6) is 0 Å². The summed E-state index contributed by atoms with van der Waals surface area (Å²) in [5.41, 5.74) is 2.08. The molecule has 23 heavy (non-hydrogen) atoms. The van der Waals surface area contributed by atoms with Gasteiger partial charge in [0.2, 0.25) is 0 Å². The average molecular weight is 328 g/mol. The summed E-state index contributed by atoms with van der Waals surface area (Å²) in [7, 11) is -3.56. The molecular weight excluding hydrogens is 308 g/mol. The lowest BCUT2D eigenvalue weighted by molar-refractivity contribution is 0.517. The van der Waals surface area contributed by atoms with Crippen LogP contribution in [0.25, 0.3) is 0 Å². The Morgan fingerprint density at radius 1 is 1.09 bits per heavy atom. The van der Waals surface area contributed by atoms with E-state index in [9.17, 15) is 8.42 Å². The quantitative estimate of drug-likeness (QED) is 0.862. The normalized spacial score (nSPS) is 18.1. The minimum Gasteiger partial charge on any atom is -0.262 e. The molecule has 0 aliphatic carbocycles. The Bertz CT molecular complexity index is 812. The molecule has 0 fully saturated rings. The number of nitrogens with zero attached hydrogens (tertiary/aromatic N) is 2. The van der Waals surface area contributed by atoms with Gasteiger partial charge in [0.25, 0.3) is 10.0 Å². The number of aliphatic imine (C=N–C) groups is 1. The van der Waals surface area contributed by atoms with Crippen LogP contribution in [0.4, 0.5) is 0 Å². The largest absolute Gasteiger partial charge is 0.265 e. The zero-order valence-corrected chi connectivity index (χ0v) is 14.1. The van der Waals surface area contributed by atoms with Crippen LogP contribution < -0.4 is 0 Å². The van der Waals surface area contributed by atoms with E-state index in [1.807, 2.05) is 56.3 Å². The van der Waals surface area contributed by atoms with Gasteiger partial charge in [-0.15, -0.1) is 0 Å². The van der Waals surface area contributed by atoms with Crippen LogP contribution in [0.2, 0.25) is 0 Å². The molecule has 0 radical (unpaired) electrons. The van der Waals surface area contributed by atoms with Crippen molar-refractivity contribution in [3.63, 3.8) is 0 Å². The van der Waals surface area contributed by atoms with Crippen LogP contribution in [0.15, 0.2) is 64.5 Å². The molecule has 0 saturated carbocycles. The van der Waals surface area contributed by atoms with E-state index in [1.54, 1.807) is 12.1 Å². The number of amidine groups is 1. The first kappa shape index (κ1) is 15.7. The van der Waals surface area contributed by atoms with Crippen molar-refractivity contribution in [3.8, 4) is 0 Å². The fourth-order valence-electron chi connectivity index (χ4n) is 2.74. The van der Waals surface area contributed by atoms with Crippen molar-refractivity contribution in [2.24, 2.45) is 4.99 Å². The van der Waals surface area contributed by atoms with Crippen molar-refractivity contribution >= 4 is 15.9 Å². The van der Waals surface area contributed by atoms with E-state index >= 15 is 0 Å². The van der Waals surface area contributed by atoms with E-state index < -0.39 is 10.0 Å². The van der Waals surface area contributed by atoms with Gasteiger partial charge in [-0.3, -0.25) is 9.30 Å². The van der Waals surface area contributed by atoms with Gasteiger partial charge in [-0.1, -0.05) is 55.0 Å². The van der Waals surface area contributed by atoms with Gasteiger partial charge in [-0.25, -0.2) is 8.42 Å². The number of rotatable bonds is 4. The number of sulfonamides is 1. The van der Waals surface area contributed by atoms with Crippen molar-refractivity contribution in [1.29, 1.82) is 0 Å². The fourth-order valence-corrected chi connectivity index (χ4v) is 4.27. The molecule has 2 aromatic rings. The topological polar surface area (TPSA) is 49.7 Å². The SMILES string of the molecule is CCC1=NC(c2ccccc2)CN1S(=O)(=O)c1ccc(C)cc1. The molecule has 5 heteroatoms. The average Bonchev–Trinajstić information content (AvgIpc) is 3.01. The molecule has 1 atom stereocenters. The highest BCUT2D eigenvalue weighted by molar-refractivity contribution is 7.89. The molecule has 0 aromatic heterocycles. The molecule has 0 saturated heterocycles. The first-order chi connectivity index (χ1) is 11.0. The summed E-state index contributed by atoms with van der Waals surface area (Å²) < 4.78 is 27.3. The van der Waals surface area contributed by atoms with E-state index in [0.29, 0.717) is 23.7 Å². The zero-order chi connectivity index (χ0) is 16.4. The van der Waals surface area contributed by atoms with Gasteiger partial charge in [0, 0.05) is 6.42 Å². The molecule has 0 spiro atoms. The maximum atomic E-state index is 12.9. The second-order valence-electron chi connectivity index (χ2n) is 5.67. The number of aryl methyl sites for hydroxylation is 1. The van der Waals surface area contributed by atoms with Gasteiger partial charge in [0.1, 0.15) is 5.84 Å². The van der Waals surface area contributed by atoms with E-state index in [0.717, 1.165) is 11.1 Å². The van der Waals surface area contributed by atoms with Gasteiger partial charge in [-0.05, 0) is 24.6 Å². The number of hydrogen-bond acceptors (Lipinski definition) is 3. The van der Waals surface area contributed by atoms with Crippen molar-refractivity contribution < 1.29 is 8.42 Å². The van der Waals surface area contributed by atoms with Gasteiger partial charge in [0.05, 0.1) is 17.5 Å². The molecule has 1 unspecified atom stereocenters. The summed E-state index contributed by atoms with van der Waals surface area (Å²) in [5, 5.41) is 0. The minimum atomic E-state index is -3.56. The Kier molecular flexibility index (Phi) is 4.22. The maximum Gasteiger partial charge on any atom is 0.265 e. The first-order valence-electron chi connectivity index (χ1n) is 7.73. The fraction of sp³-hybridized carbons (Fsp3) is 0.278. The molecule has 0 bridgehead atoms. The summed E-state index contributed by atoms with van der Waals surface area (Å²) in [6.45, 7) is 4.24. The second kappa shape index (κ2) is 6.16. The van der Waals surface area contributed by atoms with Gasteiger partial charge in [0.15, 0.2) is 0 Å². The monoisotopic (exact) mass is 328 g/mol. The Balaban J connectivity index is 1.94. The minimum absolute atomic E-state index is 0.133. The lowest BCUT2D eigenvalue weighted by atomic mass is 10.1. The molecule has 120 valence electrons. The van der Waals surface area contributed by atoms with E-state index in [2.05, 4.69) is 4.99 Å². The van der Waals surface area contributed by atoms with Crippen LogP contribution in [0.3, 0.4) is 0 Å². The van der Waals surface area contributed by atoms with Gasteiger partial charge in [-0.2, -0.15) is 0 Å². The Hall–Kier alpha value is -2.14. The molecule has 3 rings (SSSR count). The molecule has 0 N–H and O–H groups in total. The maximum absolute atomic E-state index is 12.9. The highest BCUT2D eigenvalue weighted by Crippen LogP contribution is 2.30. The molecule has 4 nitrogen and oxygen atoms in total. The third kappa shape index (κ3) is 3.01. The van der Waals surface area contributed by atoms with Crippen LogP contribution >= 0.6 is 0 Å². The van der Waals surface area contributed by atoms with Crippen molar-refractivity contribution in [2.45, 2.75) is 31.2 Å². The summed E-state index contributed by atoms with van der Waals surface area (Å²) >= 11 is 0. The number of benzene rings is 2. The Morgan fingerprint density at radius 2 is 1.74 bits per heavy atom. The van der Waals surface area contributed by atoms with Crippen molar-refractivity contribution in [1.82, 2.24) is 4.31 Å². The highest BCUT2D eigenvalue weighted by atomic mass is 32.2. The smallest absolute Gasteiger partial charge is 0.262 e. The molecule has 2 aromatic carbocycles. The third-order valence-corrected chi connectivity index (χ3v) is 5.85. The van der Waals surface area contributed by atoms with Crippen molar-refractivity contribution in [2.75, 3.05) is 6.54 Å². The first-order valence-corrected chi connectivity index (χ1v) is 9.17. The highest BCUT2D eigenvalue weighted by Gasteiger charge is 2.34. The molecule has 1 aliphatic rings. The summed E-state index contributed by atoms with van der Waals surface area (Å²) in [5.74, 6) is 0.624. The van der Waals surface area contributed by atoms with E-state index in [1.165, 1.54) is 4.31 Å². The Morgan fingerprint density at radius 3 is 2.35 bits per heavy atom. The predicted molar refractivity (Wildman–Crippen MR) is 92.0 cm³/mol. The van der Waals surface area contributed by atoms with Crippen LogP contribution in [0, 0.1) is 6.92 Å². The van der Waals surface area contributed by atoms with Crippen molar-refractivity contribution in [3.05, 3.63) is 65.7 Å². The van der Waals surface area contributed by atoms with Crippen LogP contribution in [-0.4, -0.2) is 25.1 Å². The molecule has 1 aliphatic heterocycles. The lowest BCUT2D eigenvalue weighted by Crippen LogP contribution is -2.34. The van der Waals surface area contributed by atoms with E-state index in [-0.39, 0.29) is 6.04 Å². The number of hydrogen-bond donors (Lipinski definition) is 0. The van der Waals surface area contributed by atoms with Crippen LogP contribution in [0.1, 0.15) is 30.5 Å². The summed E-state index contributed by atoms with van der Waals surface area (Å²) in [4.78, 5) is 4.95. The molecular formula is C18H20N2O2S. The molecule has 1 heterocycles. The molecule has 0 amide bonds. The second-order valence-corrected chi connectivity index (χ2v) is 7.54. The third-order valence-electron chi connectivity index (χ3n) is 4.04. The van der Waals surface area contributed by atoms with Gasteiger partial charge < -0.3 is 0 Å². The van der Waals surface area contributed by atoms with E-state index in [4.69, 9.17) is 0 Å². The Labute approximate surface area is 137 Å². The predicted octanol–water partition coefficient (Wildman–Crippen LogP) is 3.55. The summed E-state index contributed by atoms with van der Waals surface area (Å²) in [6.07, 6.45) is 0.592. The zero-order valence-electron chi connectivity index (χ0n) is 13.3. The van der Waals surface area contributed by atoms with Gasteiger partial charge >= 0.3 is 0 Å². The standard InChI is InChI=1S/C18H20N2O2S/c1-3-18-19-17(15-7-5-4-6-8-15)13-20(18)23(21,22)16-11-9-14(2)10-12-16/h4-12,17H,3,13H2,1-2H3. The lowest BCUT2D eigenvalue weighted by Gasteiger charge is -2.20. The summed E-state index contributed by atoms with van der Waals surface area (Å²) in [6, 6.07) is 16.7. The van der Waals surface area contributed by atoms with Crippen LogP contribution in [-0.2, 0) is 10.0 Å².